The number of carbonyl (C=O) groups is 2. The summed E-state index contributed by atoms with van der Waals surface area (Å²) in [6.45, 7) is 1.14. The fraction of sp³-hybridized carbons (Fsp3) is 0.286. The van der Waals surface area contributed by atoms with Crippen LogP contribution < -0.4 is 0 Å². The minimum Gasteiger partial charge on any atom is -0.486 e. The Morgan fingerprint density at radius 2 is 2.00 bits per heavy atom. The zero-order chi connectivity index (χ0) is 14.1. The van der Waals surface area contributed by atoms with Gasteiger partial charge in [-0.15, -0.1) is 0 Å². The molecular weight excluding hydrogens is 264 g/mol. The molecular formula is C14H16O4S. The topological polar surface area (TPSA) is 63.6 Å². The second-order valence-electron chi connectivity index (χ2n) is 3.84. The molecule has 1 N–H and O–H groups in total. The van der Waals surface area contributed by atoms with E-state index in [4.69, 9.17) is 9.84 Å². The average Bonchev–Trinajstić information content (AvgIpc) is 2.37. The summed E-state index contributed by atoms with van der Waals surface area (Å²) in [6.07, 6.45) is 2.14. The lowest BCUT2D eigenvalue weighted by molar-refractivity contribution is -0.140. The summed E-state index contributed by atoms with van der Waals surface area (Å²) in [5.41, 5.74) is 1.19. The molecule has 5 heteroatoms. The van der Waals surface area contributed by atoms with Crippen molar-refractivity contribution in [3.8, 4) is 0 Å². The summed E-state index contributed by atoms with van der Waals surface area (Å²) in [5.74, 6) is -0.0532. The molecule has 0 bridgehead atoms. The van der Waals surface area contributed by atoms with E-state index in [1.54, 1.807) is 6.92 Å². The minimum atomic E-state index is -1.06. The molecule has 0 aliphatic heterocycles. The Labute approximate surface area is 116 Å². The Morgan fingerprint density at radius 1 is 1.32 bits per heavy atom. The quantitative estimate of drug-likeness (QED) is 0.614. The van der Waals surface area contributed by atoms with E-state index in [-0.39, 0.29) is 5.12 Å². The fourth-order valence-electron chi connectivity index (χ4n) is 1.34. The van der Waals surface area contributed by atoms with Crippen LogP contribution in [0.15, 0.2) is 42.2 Å². The van der Waals surface area contributed by atoms with E-state index >= 15 is 0 Å². The molecule has 0 unspecified atom stereocenters. The van der Waals surface area contributed by atoms with Gasteiger partial charge in [-0.05, 0) is 18.9 Å². The maximum atomic E-state index is 11.5. The van der Waals surface area contributed by atoms with Crippen molar-refractivity contribution in [2.45, 2.75) is 13.3 Å². The predicted octanol–water partition coefficient (Wildman–Crippen LogP) is 2.49. The molecule has 0 atom stereocenters. The van der Waals surface area contributed by atoms with Crippen molar-refractivity contribution in [3.63, 3.8) is 0 Å². The molecule has 102 valence electrons. The molecule has 0 aromatic heterocycles. The lowest BCUT2D eigenvalue weighted by Gasteiger charge is -2.02. The number of carboxylic acids is 1. The van der Waals surface area contributed by atoms with E-state index in [2.05, 4.69) is 0 Å². The maximum absolute atomic E-state index is 11.5. The highest BCUT2D eigenvalue weighted by atomic mass is 32.2. The van der Waals surface area contributed by atoms with Crippen LogP contribution in [0.1, 0.15) is 12.5 Å². The summed E-state index contributed by atoms with van der Waals surface area (Å²) in [7, 11) is 0. The zero-order valence-electron chi connectivity index (χ0n) is 10.7. The smallest absolute Gasteiger partial charge is 0.341 e. The average molecular weight is 280 g/mol. The third-order valence-electron chi connectivity index (χ3n) is 2.22. The summed E-state index contributed by atoms with van der Waals surface area (Å²) < 4.78 is 4.87. The third kappa shape index (κ3) is 7.31. The lowest BCUT2D eigenvalue weighted by Crippen LogP contribution is -2.06. The van der Waals surface area contributed by atoms with Crippen LogP contribution in [0.25, 0.3) is 0 Å². The summed E-state index contributed by atoms with van der Waals surface area (Å²) in [6, 6.07) is 9.91. The lowest BCUT2D eigenvalue weighted by atomic mass is 10.2. The van der Waals surface area contributed by atoms with Crippen molar-refractivity contribution in [1.82, 2.24) is 0 Å². The molecule has 1 rings (SSSR count). The normalized spacial score (nSPS) is 11.1. The standard InChI is InChI=1S/C14H16O4S/c1-11(18-10-13(15)16)9-14(17)19-8-7-12-5-3-2-4-6-12/h2-6,9H,7-8,10H2,1H3,(H,15,16)/b11-9+. The van der Waals surface area contributed by atoms with Crippen LogP contribution in [0.4, 0.5) is 0 Å². The number of aliphatic carboxylic acids is 1. The molecule has 1 aromatic carbocycles. The molecule has 0 heterocycles. The summed E-state index contributed by atoms with van der Waals surface area (Å²) in [5, 5.41) is 8.30. The van der Waals surface area contributed by atoms with Gasteiger partial charge in [0.05, 0.1) is 5.76 Å². The van der Waals surface area contributed by atoms with Crippen molar-refractivity contribution in [3.05, 3.63) is 47.7 Å². The molecule has 0 saturated heterocycles. The SMILES string of the molecule is C/C(=C\C(=O)SCCc1ccccc1)OCC(=O)O. The number of thioether (sulfide) groups is 1. The van der Waals surface area contributed by atoms with E-state index in [0.717, 1.165) is 6.42 Å². The molecule has 0 spiro atoms. The van der Waals surface area contributed by atoms with Crippen molar-refractivity contribution in [2.75, 3.05) is 12.4 Å². The van der Waals surface area contributed by atoms with Gasteiger partial charge in [0.15, 0.2) is 6.61 Å². The van der Waals surface area contributed by atoms with E-state index in [0.29, 0.717) is 11.5 Å². The van der Waals surface area contributed by atoms with Crippen molar-refractivity contribution >= 4 is 22.8 Å². The van der Waals surface area contributed by atoms with Gasteiger partial charge in [0, 0.05) is 11.8 Å². The molecule has 0 radical (unpaired) electrons. The van der Waals surface area contributed by atoms with E-state index in [9.17, 15) is 9.59 Å². The van der Waals surface area contributed by atoms with Crippen LogP contribution in [-0.4, -0.2) is 28.6 Å². The molecule has 0 fully saturated rings. The molecule has 19 heavy (non-hydrogen) atoms. The van der Waals surface area contributed by atoms with Crippen molar-refractivity contribution in [2.24, 2.45) is 0 Å². The molecule has 1 aromatic rings. The number of benzene rings is 1. The minimum absolute atomic E-state index is 0.126. The van der Waals surface area contributed by atoms with Gasteiger partial charge in [0.1, 0.15) is 0 Å². The van der Waals surface area contributed by atoms with Gasteiger partial charge in [0.2, 0.25) is 5.12 Å². The van der Waals surface area contributed by atoms with Crippen LogP contribution in [0, 0.1) is 0 Å². The Morgan fingerprint density at radius 3 is 2.63 bits per heavy atom. The number of aryl methyl sites for hydroxylation is 1. The number of hydrogen-bond acceptors (Lipinski definition) is 4. The third-order valence-corrected chi connectivity index (χ3v) is 3.03. The fourth-order valence-corrected chi connectivity index (χ4v) is 2.13. The summed E-state index contributed by atoms with van der Waals surface area (Å²) in [4.78, 5) is 21.8. The Kier molecular flexibility index (Phi) is 6.74. The number of ether oxygens (including phenoxy) is 1. The van der Waals surface area contributed by atoms with E-state index in [1.807, 2.05) is 30.3 Å². The zero-order valence-corrected chi connectivity index (χ0v) is 11.5. The second kappa shape index (κ2) is 8.37. The van der Waals surface area contributed by atoms with E-state index in [1.165, 1.54) is 23.4 Å². The van der Waals surface area contributed by atoms with Gasteiger partial charge < -0.3 is 9.84 Å². The molecule has 0 aliphatic carbocycles. The first-order chi connectivity index (χ1) is 9.08. The molecule has 4 nitrogen and oxygen atoms in total. The van der Waals surface area contributed by atoms with Crippen LogP contribution in [0.3, 0.4) is 0 Å². The van der Waals surface area contributed by atoms with Gasteiger partial charge in [-0.2, -0.15) is 0 Å². The summed E-state index contributed by atoms with van der Waals surface area (Å²) >= 11 is 1.19. The van der Waals surface area contributed by atoms with E-state index < -0.39 is 12.6 Å². The highest BCUT2D eigenvalue weighted by Crippen LogP contribution is 2.10. The van der Waals surface area contributed by atoms with Crippen LogP contribution in [-0.2, 0) is 20.7 Å². The first kappa shape index (κ1) is 15.3. The van der Waals surface area contributed by atoms with Crippen LogP contribution in [0.2, 0.25) is 0 Å². The number of hydrogen-bond donors (Lipinski definition) is 1. The monoisotopic (exact) mass is 280 g/mol. The van der Waals surface area contributed by atoms with Crippen molar-refractivity contribution in [1.29, 1.82) is 0 Å². The van der Waals surface area contributed by atoms with Gasteiger partial charge in [-0.25, -0.2) is 4.79 Å². The Balaban J connectivity index is 2.27. The Bertz CT molecular complexity index is 454. The number of carbonyl (C=O) groups excluding carboxylic acids is 1. The molecule has 0 amide bonds. The van der Waals surface area contributed by atoms with Gasteiger partial charge in [-0.3, -0.25) is 4.79 Å². The van der Waals surface area contributed by atoms with Gasteiger partial charge in [-0.1, -0.05) is 42.1 Å². The first-order valence-corrected chi connectivity index (χ1v) is 6.80. The predicted molar refractivity (Wildman–Crippen MR) is 75.0 cm³/mol. The number of rotatable bonds is 7. The number of allylic oxidation sites excluding steroid dienone is 1. The van der Waals surface area contributed by atoms with Crippen molar-refractivity contribution < 1.29 is 19.4 Å². The highest BCUT2D eigenvalue weighted by Gasteiger charge is 2.03. The number of carboxylic acid groups (broad SMARTS) is 1. The van der Waals surface area contributed by atoms with Gasteiger partial charge in [0.25, 0.3) is 0 Å². The highest BCUT2D eigenvalue weighted by molar-refractivity contribution is 8.14. The second-order valence-corrected chi connectivity index (χ2v) is 4.94. The van der Waals surface area contributed by atoms with Gasteiger partial charge >= 0.3 is 5.97 Å². The maximum Gasteiger partial charge on any atom is 0.341 e. The largest absolute Gasteiger partial charge is 0.486 e. The van der Waals surface area contributed by atoms with Crippen LogP contribution >= 0.6 is 11.8 Å². The first-order valence-electron chi connectivity index (χ1n) is 5.81. The molecule has 0 saturated carbocycles. The Hall–Kier alpha value is -1.75. The molecule has 0 aliphatic rings. The van der Waals surface area contributed by atoms with Crippen LogP contribution in [0.5, 0.6) is 0 Å².